The number of fused-ring (bicyclic) bond motifs is 1. The summed E-state index contributed by atoms with van der Waals surface area (Å²) in [6.07, 6.45) is 1.66. The highest BCUT2D eigenvalue weighted by Crippen LogP contribution is 2.60. The lowest BCUT2D eigenvalue weighted by atomic mass is 10.0. The van der Waals surface area contributed by atoms with Crippen molar-refractivity contribution in [1.82, 2.24) is 4.98 Å². The van der Waals surface area contributed by atoms with Crippen molar-refractivity contribution in [1.29, 1.82) is 0 Å². The standard InChI is InChI=1S/C17H16NO4P/c1-17(16(19)20,12-6-3-2-4-7-12)23(21,22)15-9-5-8-14-13(15)10-11-18-14/h2-11,18H,1H3,(H,19,20)(H,21,22). The van der Waals surface area contributed by atoms with Gasteiger partial charge in [0.15, 0.2) is 5.16 Å². The van der Waals surface area contributed by atoms with E-state index < -0.39 is 18.5 Å². The molecule has 5 nitrogen and oxygen atoms in total. The van der Waals surface area contributed by atoms with E-state index in [-0.39, 0.29) is 5.30 Å². The van der Waals surface area contributed by atoms with Gasteiger partial charge in [-0.1, -0.05) is 36.4 Å². The third-order valence-electron chi connectivity index (χ3n) is 4.26. The second-order valence-electron chi connectivity index (χ2n) is 5.54. The lowest BCUT2D eigenvalue weighted by Crippen LogP contribution is -2.36. The zero-order chi connectivity index (χ0) is 16.7. The van der Waals surface area contributed by atoms with Crippen LogP contribution in [0, 0.1) is 0 Å². The zero-order valence-electron chi connectivity index (χ0n) is 12.4. The number of carbonyl (C=O) groups is 1. The molecule has 0 bridgehead atoms. The molecule has 0 fully saturated rings. The Labute approximate surface area is 133 Å². The minimum atomic E-state index is -4.28. The van der Waals surface area contributed by atoms with Crippen LogP contribution in [0.5, 0.6) is 0 Å². The van der Waals surface area contributed by atoms with Crippen LogP contribution < -0.4 is 5.30 Å². The number of aromatic amines is 1. The maximum Gasteiger partial charge on any atom is 0.324 e. The molecule has 1 aromatic heterocycles. The molecule has 2 aromatic carbocycles. The van der Waals surface area contributed by atoms with E-state index in [0.717, 1.165) is 0 Å². The molecule has 3 N–H and O–H groups in total. The number of hydrogen-bond acceptors (Lipinski definition) is 2. The van der Waals surface area contributed by atoms with Crippen molar-refractivity contribution in [2.24, 2.45) is 0 Å². The SMILES string of the molecule is CC(C(=O)O)(c1ccccc1)P(=O)(O)c1cccc2[nH]ccc12. The number of nitrogens with one attached hydrogen (secondary N) is 1. The van der Waals surface area contributed by atoms with Gasteiger partial charge in [0.05, 0.1) is 0 Å². The van der Waals surface area contributed by atoms with Crippen LogP contribution in [0.25, 0.3) is 10.9 Å². The summed E-state index contributed by atoms with van der Waals surface area (Å²) in [7, 11) is -4.28. The summed E-state index contributed by atoms with van der Waals surface area (Å²) in [5.41, 5.74) is 0.989. The van der Waals surface area contributed by atoms with E-state index in [0.29, 0.717) is 16.5 Å². The van der Waals surface area contributed by atoms with Gasteiger partial charge in [-0.25, -0.2) is 0 Å². The summed E-state index contributed by atoms with van der Waals surface area (Å²) < 4.78 is 13.4. The molecule has 0 amide bonds. The normalized spacial score (nSPS) is 16.6. The molecule has 0 aliphatic carbocycles. The highest BCUT2D eigenvalue weighted by Gasteiger charge is 2.53. The van der Waals surface area contributed by atoms with Gasteiger partial charge in [0.25, 0.3) is 7.37 Å². The lowest BCUT2D eigenvalue weighted by molar-refractivity contribution is -0.140. The van der Waals surface area contributed by atoms with Crippen molar-refractivity contribution in [3.8, 4) is 0 Å². The lowest BCUT2D eigenvalue weighted by Gasteiger charge is -2.31. The first kappa shape index (κ1) is 15.5. The Morgan fingerprint density at radius 1 is 1.09 bits per heavy atom. The van der Waals surface area contributed by atoms with Crippen molar-refractivity contribution in [3.63, 3.8) is 0 Å². The van der Waals surface area contributed by atoms with E-state index in [1.54, 1.807) is 54.7 Å². The van der Waals surface area contributed by atoms with E-state index in [4.69, 9.17) is 0 Å². The number of aromatic nitrogens is 1. The molecule has 23 heavy (non-hydrogen) atoms. The van der Waals surface area contributed by atoms with Gasteiger partial charge in [0.1, 0.15) is 0 Å². The molecule has 6 heteroatoms. The van der Waals surface area contributed by atoms with E-state index >= 15 is 0 Å². The molecule has 0 saturated carbocycles. The Kier molecular flexibility index (Phi) is 3.63. The van der Waals surface area contributed by atoms with Crippen molar-refractivity contribution in [2.75, 3.05) is 0 Å². The topological polar surface area (TPSA) is 90.4 Å². The van der Waals surface area contributed by atoms with Crippen LogP contribution in [0.3, 0.4) is 0 Å². The molecule has 0 aliphatic rings. The first-order chi connectivity index (χ1) is 10.9. The van der Waals surface area contributed by atoms with Crippen LogP contribution in [0.15, 0.2) is 60.8 Å². The molecular weight excluding hydrogens is 313 g/mol. The Balaban J connectivity index is 2.30. The highest BCUT2D eigenvalue weighted by atomic mass is 31.2. The van der Waals surface area contributed by atoms with Crippen LogP contribution in [0.1, 0.15) is 12.5 Å². The van der Waals surface area contributed by atoms with Crippen molar-refractivity contribution < 1.29 is 19.4 Å². The number of aliphatic carboxylic acids is 1. The second kappa shape index (κ2) is 5.37. The monoisotopic (exact) mass is 329 g/mol. The first-order valence-electron chi connectivity index (χ1n) is 7.07. The van der Waals surface area contributed by atoms with E-state index in [9.17, 15) is 19.4 Å². The Bertz CT molecular complexity index is 919. The van der Waals surface area contributed by atoms with Crippen LogP contribution in [-0.4, -0.2) is 21.0 Å². The predicted octanol–water partition coefficient (Wildman–Crippen LogP) is 3.06. The van der Waals surface area contributed by atoms with Gasteiger partial charge >= 0.3 is 5.97 Å². The minimum absolute atomic E-state index is 0.144. The molecule has 2 unspecified atom stereocenters. The Morgan fingerprint density at radius 2 is 1.78 bits per heavy atom. The summed E-state index contributed by atoms with van der Waals surface area (Å²) in [6, 6.07) is 14.8. The smallest absolute Gasteiger partial charge is 0.324 e. The molecule has 0 saturated heterocycles. The van der Waals surface area contributed by atoms with Crippen molar-refractivity contribution in [2.45, 2.75) is 12.1 Å². The van der Waals surface area contributed by atoms with Gasteiger partial charge in [0, 0.05) is 22.4 Å². The Morgan fingerprint density at radius 3 is 2.43 bits per heavy atom. The number of carboxylic acids is 1. The van der Waals surface area contributed by atoms with Gasteiger partial charge in [0.2, 0.25) is 0 Å². The predicted molar refractivity (Wildman–Crippen MR) is 89.2 cm³/mol. The fraction of sp³-hybridized carbons (Fsp3) is 0.118. The minimum Gasteiger partial charge on any atom is -0.480 e. The summed E-state index contributed by atoms with van der Waals surface area (Å²) in [5, 5.41) is 8.54. The maximum absolute atomic E-state index is 13.4. The summed E-state index contributed by atoms with van der Waals surface area (Å²) in [4.78, 5) is 25.9. The van der Waals surface area contributed by atoms with Crippen molar-refractivity contribution in [3.05, 3.63) is 66.4 Å². The molecule has 0 aliphatic heterocycles. The number of rotatable bonds is 4. The fourth-order valence-electron chi connectivity index (χ4n) is 2.76. The molecular formula is C17H16NO4P. The fourth-order valence-corrected chi connectivity index (χ4v) is 4.81. The van der Waals surface area contributed by atoms with Gasteiger partial charge in [-0.3, -0.25) is 9.36 Å². The molecule has 1 heterocycles. The van der Waals surface area contributed by atoms with Crippen LogP contribution in [-0.2, 0) is 14.5 Å². The third kappa shape index (κ3) is 2.21. The van der Waals surface area contributed by atoms with Gasteiger partial charge in [-0.15, -0.1) is 0 Å². The van der Waals surface area contributed by atoms with Gasteiger partial charge < -0.3 is 15.0 Å². The van der Waals surface area contributed by atoms with Gasteiger partial charge in [-0.05, 0) is 30.7 Å². The van der Waals surface area contributed by atoms with E-state index in [2.05, 4.69) is 4.98 Å². The van der Waals surface area contributed by atoms with E-state index in [1.807, 2.05) is 0 Å². The molecule has 0 spiro atoms. The average Bonchev–Trinajstić information content (AvgIpc) is 3.02. The number of benzene rings is 2. The summed E-state index contributed by atoms with van der Waals surface area (Å²) >= 11 is 0. The summed E-state index contributed by atoms with van der Waals surface area (Å²) in [6.45, 7) is 1.30. The quantitative estimate of drug-likeness (QED) is 0.642. The third-order valence-corrected chi connectivity index (χ3v) is 6.96. The van der Waals surface area contributed by atoms with E-state index in [1.165, 1.54) is 13.0 Å². The highest BCUT2D eigenvalue weighted by molar-refractivity contribution is 7.68. The second-order valence-corrected chi connectivity index (χ2v) is 8.06. The molecule has 0 radical (unpaired) electrons. The largest absolute Gasteiger partial charge is 0.480 e. The average molecular weight is 329 g/mol. The number of carboxylic acid groups (broad SMARTS) is 1. The summed E-state index contributed by atoms with van der Waals surface area (Å²) in [5.74, 6) is -1.33. The zero-order valence-corrected chi connectivity index (χ0v) is 13.3. The van der Waals surface area contributed by atoms with Crippen LogP contribution in [0.4, 0.5) is 0 Å². The molecule has 118 valence electrons. The molecule has 3 aromatic rings. The van der Waals surface area contributed by atoms with Gasteiger partial charge in [-0.2, -0.15) is 0 Å². The number of H-pyrrole nitrogens is 1. The maximum atomic E-state index is 13.4. The van der Waals surface area contributed by atoms with Crippen molar-refractivity contribution >= 4 is 29.5 Å². The first-order valence-corrected chi connectivity index (χ1v) is 8.73. The molecule has 2 atom stereocenters. The Hall–Kier alpha value is -2.36. The van der Waals surface area contributed by atoms with Crippen LogP contribution >= 0.6 is 7.37 Å². The number of hydrogen-bond donors (Lipinski definition) is 3. The molecule has 3 rings (SSSR count). The van der Waals surface area contributed by atoms with Crippen LogP contribution in [0.2, 0.25) is 0 Å².